The summed E-state index contributed by atoms with van der Waals surface area (Å²) in [6, 6.07) is 11.6. The van der Waals surface area contributed by atoms with Crippen molar-refractivity contribution in [2.45, 2.75) is 19.2 Å². The van der Waals surface area contributed by atoms with Crippen molar-refractivity contribution in [3.63, 3.8) is 0 Å². The molecule has 2 aromatic carbocycles. The van der Waals surface area contributed by atoms with E-state index in [0.717, 1.165) is 28.1 Å². The maximum atomic E-state index is 13.0. The Morgan fingerprint density at radius 3 is 2.58 bits per heavy atom. The fourth-order valence-electron chi connectivity index (χ4n) is 3.64. The van der Waals surface area contributed by atoms with E-state index in [0.29, 0.717) is 34.5 Å². The molecule has 1 N–H and O–H groups in total. The third-order valence-corrected chi connectivity index (χ3v) is 6.61. The molecule has 3 rings (SSSR count). The lowest BCUT2D eigenvalue weighted by atomic mass is 10.0. The predicted molar refractivity (Wildman–Crippen MR) is 141 cm³/mol. The number of para-hydroxylation sites is 1. The van der Waals surface area contributed by atoms with Crippen LogP contribution in [0.4, 0.5) is 0 Å². The number of rotatable bonds is 10. The number of benzene rings is 2. The highest BCUT2D eigenvalue weighted by molar-refractivity contribution is 9.10. The largest absolute Gasteiger partial charge is 0.506 e. The molecule has 0 aliphatic heterocycles. The number of aromatic hydroxyl groups is 1. The number of hydrogen-bond acceptors (Lipinski definition) is 6. The van der Waals surface area contributed by atoms with Crippen LogP contribution in [0.2, 0.25) is 0 Å². The summed E-state index contributed by atoms with van der Waals surface area (Å²) >= 11 is 5.16. The summed E-state index contributed by atoms with van der Waals surface area (Å²) in [6.45, 7) is 3.16. The van der Waals surface area contributed by atoms with Crippen LogP contribution in [0, 0.1) is 0 Å². The number of halogens is 2. The molecular weight excluding hydrogens is 528 g/mol. The third-order valence-electron chi connectivity index (χ3n) is 5.07. The van der Waals surface area contributed by atoms with Crippen LogP contribution >= 0.6 is 40.1 Å². The van der Waals surface area contributed by atoms with Gasteiger partial charge in [-0.3, -0.25) is 0 Å². The number of ether oxygens (including phenoxy) is 2. The van der Waals surface area contributed by atoms with Crippen LogP contribution in [-0.4, -0.2) is 53.6 Å². The van der Waals surface area contributed by atoms with E-state index < -0.39 is 0 Å². The van der Waals surface area contributed by atoms with Gasteiger partial charge in [0.25, 0.3) is 0 Å². The number of esters is 1. The normalized spacial score (nSPS) is 11.0. The molecule has 6 nitrogen and oxygen atoms in total. The summed E-state index contributed by atoms with van der Waals surface area (Å²) in [6.07, 6.45) is 0. The zero-order valence-corrected chi connectivity index (χ0v) is 22.5. The third kappa shape index (κ3) is 6.38. The van der Waals surface area contributed by atoms with Gasteiger partial charge in [-0.1, -0.05) is 18.2 Å². The van der Waals surface area contributed by atoms with E-state index in [2.05, 4.69) is 15.9 Å². The number of carbonyl (C=O) groups is 1. The molecule has 0 saturated carbocycles. The standard InChI is InChI=1S/C24H29BrN2O4S.ClH/c1-5-30-24(29)22-20(15-32-12-11-31-16-9-7-6-8-10-16)27(4)19-13-18(25)23(28)17(21(19)22)14-26(2)3;/h6-10,13,28H,5,11-12,14-15H2,1-4H3;1H. The van der Waals surface area contributed by atoms with Gasteiger partial charge in [0.1, 0.15) is 11.5 Å². The Labute approximate surface area is 213 Å². The Kier molecular flexibility index (Phi) is 10.4. The summed E-state index contributed by atoms with van der Waals surface area (Å²) in [5.41, 5.74) is 2.99. The van der Waals surface area contributed by atoms with Gasteiger partial charge in [-0.2, -0.15) is 11.8 Å². The zero-order chi connectivity index (χ0) is 23.3. The van der Waals surface area contributed by atoms with Crippen molar-refractivity contribution >= 4 is 57.0 Å². The van der Waals surface area contributed by atoms with Crippen LogP contribution in [0.25, 0.3) is 10.9 Å². The Morgan fingerprint density at radius 2 is 1.94 bits per heavy atom. The minimum absolute atomic E-state index is 0. The van der Waals surface area contributed by atoms with Crippen LogP contribution in [-0.2, 0) is 24.1 Å². The number of carbonyl (C=O) groups excluding carboxylic acids is 1. The number of fused-ring (bicyclic) bond motifs is 1. The smallest absolute Gasteiger partial charge is 0.340 e. The Hall–Kier alpha value is -1.87. The summed E-state index contributed by atoms with van der Waals surface area (Å²) in [5.74, 6) is 2.03. The van der Waals surface area contributed by atoms with Gasteiger partial charge >= 0.3 is 5.97 Å². The fraction of sp³-hybridized carbons (Fsp3) is 0.375. The Morgan fingerprint density at radius 1 is 1.24 bits per heavy atom. The van der Waals surface area contributed by atoms with E-state index in [1.807, 2.05) is 67.0 Å². The van der Waals surface area contributed by atoms with E-state index in [9.17, 15) is 9.90 Å². The molecule has 180 valence electrons. The quantitative estimate of drug-likeness (QED) is 0.258. The van der Waals surface area contributed by atoms with Gasteiger partial charge in [-0.15, -0.1) is 12.4 Å². The summed E-state index contributed by atoms with van der Waals surface area (Å²) in [4.78, 5) is 15.0. The van der Waals surface area contributed by atoms with Crippen molar-refractivity contribution in [1.82, 2.24) is 9.47 Å². The predicted octanol–water partition coefficient (Wildman–Crippen LogP) is 5.62. The van der Waals surface area contributed by atoms with Crippen LogP contribution in [0.15, 0.2) is 40.9 Å². The van der Waals surface area contributed by atoms with Gasteiger partial charge in [-0.05, 0) is 55.1 Å². The lowest BCUT2D eigenvalue weighted by Crippen LogP contribution is -2.13. The minimum atomic E-state index is -0.365. The molecule has 0 fully saturated rings. The van der Waals surface area contributed by atoms with Crippen molar-refractivity contribution in [3.8, 4) is 11.5 Å². The molecule has 0 spiro atoms. The number of phenolic OH excluding ortho intramolecular Hbond substituents is 1. The minimum Gasteiger partial charge on any atom is -0.506 e. The van der Waals surface area contributed by atoms with Crippen LogP contribution in [0.3, 0.4) is 0 Å². The highest BCUT2D eigenvalue weighted by Crippen LogP contribution is 2.40. The summed E-state index contributed by atoms with van der Waals surface area (Å²) in [7, 11) is 5.82. The molecule has 0 aliphatic carbocycles. The molecule has 0 bridgehead atoms. The molecule has 33 heavy (non-hydrogen) atoms. The Balaban J connectivity index is 0.00000385. The van der Waals surface area contributed by atoms with E-state index in [1.54, 1.807) is 18.7 Å². The molecule has 0 saturated heterocycles. The molecule has 1 aromatic heterocycles. The number of aromatic nitrogens is 1. The molecule has 3 aromatic rings. The first-order valence-electron chi connectivity index (χ1n) is 10.4. The van der Waals surface area contributed by atoms with Crippen molar-refractivity contribution < 1.29 is 19.4 Å². The van der Waals surface area contributed by atoms with Crippen LogP contribution < -0.4 is 4.74 Å². The lowest BCUT2D eigenvalue weighted by molar-refractivity contribution is 0.0527. The van der Waals surface area contributed by atoms with Gasteiger partial charge in [0.15, 0.2) is 0 Å². The van der Waals surface area contributed by atoms with Gasteiger partial charge in [0.05, 0.1) is 28.8 Å². The number of nitrogens with zero attached hydrogens (tertiary/aromatic N) is 2. The highest BCUT2D eigenvalue weighted by Gasteiger charge is 2.27. The second kappa shape index (κ2) is 12.6. The number of thioether (sulfide) groups is 1. The van der Waals surface area contributed by atoms with E-state index in [-0.39, 0.29) is 30.7 Å². The molecule has 9 heteroatoms. The van der Waals surface area contributed by atoms with Gasteiger partial charge in [-0.25, -0.2) is 4.79 Å². The average Bonchev–Trinajstić information content (AvgIpc) is 3.03. The first-order chi connectivity index (χ1) is 15.3. The summed E-state index contributed by atoms with van der Waals surface area (Å²) in [5, 5.41) is 11.5. The number of hydrogen-bond donors (Lipinski definition) is 1. The molecule has 0 amide bonds. The van der Waals surface area contributed by atoms with Crippen molar-refractivity contribution in [3.05, 3.63) is 57.7 Å². The maximum Gasteiger partial charge on any atom is 0.340 e. The molecule has 0 atom stereocenters. The van der Waals surface area contributed by atoms with E-state index in [4.69, 9.17) is 9.47 Å². The van der Waals surface area contributed by atoms with Crippen molar-refractivity contribution in [2.75, 3.05) is 33.1 Å². The van der Waals surface area contributed by atoms with E-state index in [1.165, 1.54) is 0 Å². The first-order valence-corrected chi connectivity index (χ1v) is 12.4. The highest BCUT2D eigenvalue weighted by atomic mass is 79.9. The van der Waals surface area contributed by atoms with E-state index >= 15 is 0 Å². The number of phenols is 1. The van der Waals surface area contributed by atoms with Crippen molar-refractivity contribution in [2.24, 2.45) is 7.05 Å². The average molecular weight is 558 g/mol. The van der Waals surface area contributed by atoms with Gasteiger partial charge in [0, 0.05) is 41.7 Å². The lowest BCUT2D eigenvalue weighted by Gasteiger charge is -2.15. The van der Waals surface area contributed by atoms with Crippen molar-refractivity contribution in [1.29, 1.82) is 0 Å². The van der Waals surface area contributed by atoms with Crippen LogP contribution in [0.5, 0.6) is 11.5 Å². The zero-order valence-electron chi connectivity index (χ0n) is 19.3. The molecule has 0 radical (unpaired) electrons. The van der Waals surface area contributed by atoms with Gasteiger partial charge in [0.2, 0.25) is 0 Å². The van der Waals surface area contributed by atoms with Gasteiger partial charge < -0.3 is 24.0 Å². The monoisotopic (exact) mass is 556 g/mol. The number of aryl methyl sites for hydroxylation is 1. The second-order valence-electron chi connectivity index (χ2n) is 7.63. The molecule has 0 unspecified atom stereocenters. The topological polar surface area (TPSA) is 63.9 Å². The molecule has 1 heterocycles. The fourth-order valence-corrected chi connectivity index (χ4v) is 4.98. The molecular formula is C24H30BrClN2O4S. The second-order valence-corrected chi connectivity index (χ2v) is 9.59. The van der Waals surface area contributed by atoms with Crippen LogP contribution in [0.1, 0.15) is 28.5 Å². The first kappa shape index (κ1) is 27.4. The summed E-state index contributed by atoms with van der Waals surface area (Å²) < 4.78 is 13.8. The maximum absolute atomic E-state index is 13.0. The Bertz CT molecular complexity index is 1090. The SMILES string of the molecule is CCOC(=O)c1c(CSCCOc2ccccc2)n(C)c2cc(Br)c(O)c(CN(C)C)c12.Cl. The molecule has 0 aliphatic rings.